The Labute approximate surface area is 282 Å². The molecule has 0 radical (unpaired) electrons. The molecule has 0 aliphatic carbocycles. The van der Waals surface area contributed by atoms with Crippen molar-refractivity contribution < 1.29 is 13.2 Å². The first-order valence-electron chi connectivity index (χ1n) is 16.2. The minimum absolute atomic E-state index is 0.156. The molecule has 48 heavy (non-hydrogen) atoms. The molecule has 4 aromatic rings. The Balaban J connectivity index is 0.00000145. The van der Waals surface area contributed by atoms with Crippen LogP contribution >= 0.6 is 11.3 Å². The van der Waals surface area contributed by atoms with Crippen LogP contribution in [0, 0.1) is 23.2 Å². The number of hydrogen-bond acceptors (Lipinski definition) is 11. The highest BCUT2D eigenvalue weighted by atomic mass is 32.1. The maximum atomic E-state index is 13.0. The molecular weight excluding hydrogens is 641 g/mol. The lowest BCUT2D eigenvalue weighted by Gasteiger charge is -2.33. The Morgan fingerprint density at radius 1 is 1.15 bits per heavy atom. The van der Waals surface area contributed by atoms with Crippen molar-refractivity contribution in [1.29, 1.82) is 5.26 Å². The molecule has 2 fully saturated rings. The van der Waals surface area contributed by atoms with Crippen molar-refractivity contribution in [3.8, 4) is 6.07 Å². The van der Waals surface area contributed by atoms with Gasteiger partial charge in [0, 0.05) is 87.3 Å². The van der Waals surface area contributed by atoms with Gasteiger partial charge in [0.1, 0.15) is 22.4 Å². The summed E-state index contributed by atoms with van der Waals surface area (Å²) >= 11 is 1.06. The summed E-state index contributed by atoms with van der Waals surface area (Å²) in [5.41, 5.74) is 4.29. The summed E-state index contributed by atoms with van der Waals surface area (Å²) < 4.78 is 41.3. The largest absolute Gasteiger partial charge is 0.393 e. The third kappa shape index (κ3) is 8.41. The van der Waals surface area contributed by atoms with Crippen LogP contribution in [0.5, 0.6) is 0 Å². The number of thiophene rings is 1. The topological polar surface area (TPSA) is 126 Å². The van der Waals surface area contributed by atoms with E-state index in [1.165, 1.54) is 18.2 Å². The second-order valence-electron chi connectivity index (χ2n) is 12.4. The number of nitrogens with one attached hydrogen (secondary N) is 3. The highest BCUT2D eigenvalue weighted by molar-refractivity contribution is 7.18. The monoisotopic (exact) mass is 684 g/mol. The van der Waals surface area contributed by atoms with E-state index in [1.807, 2.05) is 6.07 Å². The van der Waals surface area contributed by atoms with Crippen LogP contribution < -0.4 is 16.0 Å². The summed E-state index contributed by atoms with van der Waals surface area (Å²) in [5, 5.41) is 23.8. The molecule has 2 saturated heterocycles. The number of nitrogens with zero attached hydrogens (tertiary/aromatic N) is 7. The molecule has 3 aromatic heterocycles. The number of piperidine rings is 1. The van der Waals surface area contributed by atoms with Crippen LogP contribution in [0.4, 0.5) is 24.9 Å². The van der Waals surface area contributed by atoms with Gasteiger partial charge < -0.3 is 20.5 Å². The number of anilines is 2. The van der Waals surface area contributed by atoms with Gasteiger partial charge >= 0.3 is 6.18 Å². The molecule has 258 valence electrons. The van der Waals surface area contributed by atoms with Crippen LogP contribution in [0.3, 0.4) is 0 Å². The van der Waals surface area contributed by atoms with Crippen molar-refractivity contribution >= 4 is 44.2 Å². The number of fused-ring (bicyclic) bond motifs is 2. The van der Waals surface area contributed by atoms with E-state index in [0.717, 1.165) is 87.4 Å². The van der Waals surface area contributed by atoms with E-state index >= 15 is 0 Å². The van der Waals surface area contributed by atoms with Crippen LogP contribution in [0.25, 0.3) is 21.1 Å². The van der Waals surface area contributed by atoms with Gasteiger partial charge in [0.15, 0.2) is 0 Å². The summed E-state index contributed by atoms with van der Waals surface area (Å²) in [6, 6.07) is 10.9. The number of likely N-dealkylation sites (tertiary alicyclic amines) is 1. The second kappa shape index (κ2) is 15.6. The van der Waals surface area contributed by atoms with E-state index in [1.54, 1.807) is 13.1 Å². The molecule has 0 saturated carbocycles. The first-order valence-corrected chi connectivity index (χ1v) is 17.1. The molecule has 2 aliphatic heterocycles. The lowest BCUT2D eigenvalue weighted by molar-refractivity contribution is -0.126. The van der Waals surface area contributed by atoms with Gasteiger partial charge in [-0.1, -0.05) is 11.2 Å². The Kier molecular flexibility index (Phi) is 11.5. The van der Waals surface area contributed by atoms with E-state index in [2.05, 4.69) is 77.5 Å². The number of halogens is 3. The van der Waals surface area contributed by atoms with Crippen molar-refractivity contribution in [3.63, 3.8) is 0 Å². The fourth-order valence-electron chi connectivity index (χ4n) is 6.63. The van der Waals surface area contributed by atoms with Crippen LogP contribution in [-0.2, 0) is 19.5 Å². The molecule has 2 aliphatic rings. The molecule has 0 bridgehead atoms. The molecule has 3 N–H and O–H groups in total. The maximum absolute atomic E-state index is 13.0. The van der Waals surface area contributed by atoms with Gasteiger partial charge in [-0.2, -0.15) is 28.3 Å². The average molecular weight is 685 g/mol. The normalized spacial score (nSPS) is 17.1. The number of rotatable bonds is 9. The molecule has 1 aromatic carbocycles. The molecule has 6 rings (SSSR count). The fraction of sp³-hybridized carbons (Fsp3) is 0.545. The SMILES string of the molecule is CN=O.CNc1nc(NC2CCN(Cc3ccc4c(cc(C#N)n4CC(C)N4CCNCC4)c3C)CC2)c2cc(CC(F)(F)F)sc2n1. The lowest BCUT2D eigenvalue weighted by Crippen LogP contribution is -2.48. The molecule has 1 atom stereocenters. The van der Waals surface area contributed by atoms with Gasteiger partial charge in [0.05, 0.1) is 18.9 Å². The molecule has 15 heteroatoms. The van der Waals surface area contributed by atoms with Crippen molar-refractivity contribution in [1.82, 2.24) is 29.7 Å². The van der Waals surface area contributed by atoms with Crippen LogP contribution in [0.15, 0.2) is 29.4 Å². The van der Waals surface area contributed by atoms with Gasteiger partial charge in [-0.3, -0.25) is 9.80 Å². The summed E-state index contributed by atoms with van der Waals surface area (Å²) in [7, 11) is 2.90. The summed E-state index contributed by atoms with van der Waals surface area (Å²) in [6.07, 6.45) is -3.46. The first kappa shape index (κ1) is 35.5. The van der Waals surface area contributed by atoms with E-state index in [9.17, 15) is 18.4 Å². The van der Waals surface area contributed by atoms with E-state index in [0.29, 0.717) is 33.7 Å². The Hall–Kier alpha value is -3.84. The van der Waals surface area contributed by atoms with Gasteiger partial charge in [-0.15, -0.1) is 11.3 Å². The Morgan fingerprint density at radius 2 is 1.85 bits per heavy atom. The fourth-order valence-corrected chi connectivity index (χ4v) is 7.69. The molecular formula is C33H43F3N10OS. The average Bonchev–Trinajstić information content (AvgIpc) is 3.63. The number of nitriles is 1. The second-order valence-corrected chi connectivity index (χ2v) is 13.5. The highest BCUT2D eigenvalue weighted by Gasteiger charge is 2.30. The van der Waals surface area contributed by atoms with E-state index in [-0.39, 0.29) is 10.9 Å². The number of piperazine rings is 1. The number of nitroso groups, excluding NO2 is 1. The maximum Gasteiger partial charge on any atom is 0.393 e. The summed E-state index contributed by atoms with van der Waals surface area (Å²) in [5.74, 6) is 0.971. The zero-order valence-electron chi connectivity index (χ0n) is 27.8. The van der Waals surface area contributed by atoms with Gasteiger partial charge in [-0.25, -0.2) is 4.98 Å². The number of alkyl halides is 3. The van der Waals surface area contributed by atoms with Crippen LogP contribution in [0.1, 0.15) is 41.5 Å². The van der Waals surface area contributed by atoms with E-state index in [4.69, 9.17) is 4.91 Å². The standard InChI is InChI=1S/C32H40F3N9S.CH3NO/c1-20(43-12-8-38-9-13-43)18-44-24(17-36)14-26-21(2)22(4-5-28(26)44)19-42-10-6-23(7-11-42)39-29-27-15-25(16-32(33,34)35)45-30(27)41-31(37-3)40-29;1-2-3/h4-5,14-15,20,23,38H,6-13,16,18-19H2,1-3H3,(H2,37,39,40,41);1H3. The predicted octanol–water partition coefficient (Wildman–Crippen LogP) is 5.73. The van der Waals surface area contributed by atoms with Crippen molar-refractivity contribution in [2.45, 2.75) is 64.5 Å². The predicted molar refractivity (Wildman–Crippen MR) is 186 cm³/mol. The minimum atomic E-state index is -4.27. The zero-order valence-corrected chi connectivity index (χ0v) is 28.6. The molecule has 0 spiro atoms. The van der Waals surface area contributed by atoms with Crippen molar-refractivity contribution in [3.05, 3.63) is 50.9 Å². The molecule has 1 unspecified atom stereocenters. The molecule has 11 nitrogen and oxygen atoms in total. The first-order chi connectivity index (χ1) is 23.0. The number of hydrogen-bond donors (Lipinski definition) is 3. The van der Waals surface area contributed by atoms with Gasteiger partial charge in [0.25, 0.3) is 0 Å². The zero-order chi connectivity index (χ0) is 34.4. The third-order valence-corrected chi connectivity index (χ3v) is 10.2. The van der Waals surface area contributed by atoms with Crippen LogP contribution in [-0.4, -0.2) is 96.0 Å². The quantitative estimate of drug-likeness (QED) is 0.190. The number of aromatic nitrogens is 3. The Morgan fingerprint density at radius 3 is 2.50 bits per heavy atom. The summed E-state index contributed by atoms with van der Waals surface area (Å²) in [6.45, 7) is 11.8. The van der Waals surface area contributed by atoms with Crippen molar-refractivity contribution in [2.75, 3.05) is 64.0 Å². The number of benzene rings is 1. The summed E-state index contributed by atoms with van der Waals surface area (Å²) in [4.78, 5) is 23.2. The lowest BCUT2D eigenvalue weighted by atomic mass is 10.0. The van der Waals surface area contributed by atoms with Crippen molar-refractivity contribution in [2.24, 2.45) is 5.18 Å². The van der Waals surface area contributed by atoms with E-state index < -0.39 is 12.6 Å². The smallest absolute Gasteiger partial charge is 0.367 e. The van der Waals surface area contributed by atoms with Crippen LogP contribution in [0.2, 0.25) is 0 Å². The van der Waals surface area contributed by atoms with Gasteiger partial charge in [-0.05, 0) is 56.0 Å². The van der Waals surface area contributed by atoms with Gasteiger partial charge in [0.2, 0.25) is 5.95 Å². The highest BCUT2D eigenvalue weighted by Crippen LogP contribution is 2.35. The molecule has 5 heterocycles. The molecule has 0 amide bonds. The number of aryl methyl sites for hydroxylation is 1. The minimum Gasteiger partial charge on any atom is -0.367 e. The Bertz CT molecular complexity index is 1750. The third-order valence-electron chi connectivity index (χ3n) is 9.17.